The van der Waals surface area contributed by atoms with Crippen LogP contribution in [-0.2, 0) is 17.0 Å². The number of anilines is 1. The van der Waals surface area contributed by atoms with Crippen molar-refractivity contribution in [1.82, 2.24) is 5.32 Å². The van der Waals surface area contributed by atoms with E-state index in [2.05, 4.69) is 26.6 Å². The van der Waals surface area contributed by atoms with Crippen molar-refractivity contribution < 1.29 is 9.59 Å². The van der Waals surface area contributed by atoms with Crippen LogP contribution in [0.15, 0.2) is 83.3 Å². The molecule has 4 nitrogen and oxygen atoms in total. The highest BCUT2D eigenvalue weighted by Crippen LogP contribution is 2.22. The normalized spacial score (nSPS) is 10.4. The molecule has 0 saturated carbocycles. The van der Waals surface area contributed by atoms with Crippen molar-refractivity contribution in [2.45, 2.75) is 12.2 Å². The lowest BCUT2D eigenvalue weighted by Gasteiger charge is -2.12. The van der Waals surface area contributed by atoms with E-state index >= 15 is 0 Å². The van der Waals surface area contributed by atoms with Gasteiger partial charge in [0.2, 0.25) is 5.91 Å². The number of rotatable bonds is 9. The molecule has 0 atom stereocenters. The van der Waals surface area contributed by atoms with Crippen LogP contribution < -0.4 is 10.6 Å². The van der Waals surface area contributed by atoms with Gasteiger partial charge in [0.05, 0.1) is 17.0 Å². The van der Waals surface area contributed by atoms with E-state index in [9.17, 15) is 9.59 Å². The second-order valence-electron chi connectivity index (χ2n) is 6.67. The molecule has 0 spiro atoms. The van der Waals surface area contributed by atoms with Gasteiger partial charge in [-0.15, -0.1) is 11.8 Å². The van der Waals surface area contributed by atoms with E-state index in [0.29, 0.717) is 23.5 Å². The minimum Gasteiger partial charge on any atom is -0.352 e. The fraction of sp³-hybridized carbons (Fsp3) is 0.167. The van der Waals surface area contributed by atoms with Crippen molar-refractivity contribution in [3.05, 3.63) is 100 Å². The van der Waals surface area contributed by atoms with Crippen LogP contribution >= 0.6 is 27.7 Å². The summed E-state index contributed by atoms with van der Waals surface area (Å²) < 4.78 is 1.04. The summed E-state index contributed by atoms with van der Waals surface area (Å²) in [6.07, 6.45) is 0.757. The first kappa shape index (κ1) is 22.1. The summed E-state index contributed by atoms with van der Waals surface area (Å²) in [7, 11) is 0. The van der Waals surface area contributed by atoms with Crippen LogP contribution in [0.5, 0.6) is 0 Å². The van der Waals surface area contributed by atoms with Gasteiger partial charge in [-0.25, -0.2) is 0 Å². The maximum atomic E-state index is 12.6. The number of hydrogen-bond acceptors (Lipinski definition) is 3. The average molecular weight is 483 g/mol. The fourth-order valence-electron chi connectivity index (χ4n) is 2.91. The maximum absolute atomic E-state index is 12.6. The van der Waals surface area contributed by atoms with E-state index in [4.69, 9.17) is 0 Å². The molecule has 0 saturated heterocycles. The first-order valence-electron chi connectivity index (χ1n) is 9.65. The first-order chi connectivity index (χ1) is 14.6. The number of benzene rings is 3. The molecule has 2 amide bonds. The van der Waals surface area contributed by atoms with Gasteiger partial charge in [-0.05, 0) is 35.7 Å². The topological polar surface area (TPSA) is 58.2 Å². The van der Waals surface area contributed by atoms with Crippen LogP contribution in [-0.4, -0.2) is 24.1 Å². The summed E-state index contributed by atoms with van der Waals surface area (Å²) in [5.41, 5.74) is 3.31. The summed E-state index contributed by atoms with van der Waals surface area (Å²) in [5, 5.41) is 5.80. The zero-order valence-electron chi connectivity index (χ0n) is 16.4. The number of thioether (sulfide) groups is 1. The van der Waals surface area contributed by atoms with Crippen LogP contribution in [0, 0.1) is 0 Å². The van der Waals surface area contributed by atoms with Gasteiger partial charge in [0.15, 0.2) is 0 Å². The minimum atomic E-state index is -0.192. The van der Waals surface area contributed by atoms with Gasteiger partial charge in [-0.2, -0.15) is 0 Å². The lowest BCUT2D eigenvalue weighted by atomic mass is 10.1. The Morgan fingerprint density at radius 1 is 0.867 bits per heavy atom. The van der Waals surface area contributed by atoms with E-state index < -0.39 is 0 Å². The van der Waals surface area contributed by atoms with E-state index in [1.807, 2.05) is 60.7 Å². The fourth-order valence-corrected chi connectivity index (χ4v) is 4.35. The van der Waals surface area contributed by atoms with Crippen molar-refractivity contribution in [3.8, 4) is 0 Å². The van der Waals surface area contributed by atoms with Gasteiger partial charge in [-0.1, -0.05) is 76.6 Å². The zero-order valence-corrected chi connectivity index (χ0v) is 18.8. The van der Waals surface area contributed by atoms with Crippen LogP contribution in [0.25, 0.3) is 0 Å². The zero-order chi connectivity index (χ0) is 21.2. The molecule has 0 unspecified atom stereocenters. The highest BCUT2D eigenvalue weighted by atomic mass is 79.9. The highest BCUT2D eigenvalue weighted by molar-refractivity contribution is 9.10. The second kappa shape index (κ2) is 11.6. The Labute approximate surface area is 189 Å². The SMILES string of the molecule is O=C(CSCc1ccccc1Br)Nc1ccccc1C(=O)NCCc1ccccc1. The molecule has 3 aromatic carbocycles. The summed E-state index contributed by atoms with van der Waals surface area (Å²) >= 11 is 5.05. The summed E-state index contributed by atoms with van der Waals surface area (Å²) in [6, 6.07) is 25.0. The Kier molecular flexibility index (Phi) is 8.53. The lowest BCUT2D eigenvalue weighted by Crippen LogP contribution is -2.27. The van der Waals surface area contributed by atoms with Crippen molar-refractivity contribution in [2.75, 3.05) is 17.6 Å². The van der Waals surface area contributed by atoms with Gasteiger partial charge in [0, 0.05) is 16.8 Å². The Hall–Kier alpha value is -2.57. The van der Waals surface area contributed by atoms with E-state index in [0.717, 1.165) is 22.2 Å². The molecule has 30 heavy (non-hydrogen) atoms. The summed E-state index contributed by atoms with van der Waals surface area (Å²) in [5.74, 6) is 0.723. The van der Waals surface area contributed by atoms with Gasteiger partial charge in [0.25, 0.3) is 5.91 Å². The van der Waals surface area contributed by atoms with Crippen LogP contribution in [0.2, 0.25) is 0 Å². The Bertz CT molecular complexity index is 995. The molecule has 0 aromatic heterocycles. The van der Waals surface area contributed by atoms with Crippen molar-refractivity contribution in [3.63, 3.8) is 0 Å². The highest BCUT2D eigenvalue weighted by Gasteiger charge is 2.13. The van der Waals surface area contributed by atoms with E-state index in [1.54, 1.807) is 18.2 Å². The van der Waals surface area contributed by atoms with Gasteiger partial charge >= 0.3 is 0 Å². The standard InChI is InChI=1S/C24H23BrN2O2S/c25-21-12-6-4-10-19(21)16-30-17-23(28)27-22-13-7-5-11-20(22)24(29)26-15-14-18-8-2-1-3-9-18/h1-13H,14-17H2,(H,26,29)(H,27,28). The summed E-state index contributed by atoms with van der Waals surface area (Å²) in [4.78, 5) is 25.0. The predicted molar refractivity (Wildman–Crippen MR) is 128 cm³/mol. The van der Waals surface area contributed by atoms with E-state index in [-0.39, 0.29) is 11.8 Å². The van der Waals surface area contributed by atoms with Crippen LogP contribution in [0.1, 0.15) is 21.5 Å². The van der Waals surface area contributed by atoms with Crippen LogP contribution in [0.3, 0.4) is 0 Å². The van der Waals surface area contributed by atoms with Crippen LogP contribution in [0.4, 0.5) is 5.69 Å². The molecule has 3 rings (SSSR count). The Balaban J connectivity index is 1.50. The maximum Gasteiger partial charge on any atom is 0.253 e. The second-order valence-corrected chi connectivity index (χ2v) is 8.51. The molecular weight excluding hydrogens is 460 g/mol. The molecular formula is C24H23BrN2O2S. The molecule has 3 aromatic rings. The lowest BCUT2D eigenvalue weighted by molar-refractivity contribution is -0.113. The quantitative estimate of drug-likeness (QED) is 0.435. The third-order valence-electron chi connectivity index (χ3n) is 4.44. The predicted octanol–water partition coefficient (Wildman–Crippen LogP) is 5.29. The Morgan fingerprint density at radius 2 is 1.57 bits per heavy atom. The summed E-state index contributed by atoms with van der Waals surface area (Å²) in [6.45, 7) is 0.535. The number of para-hydroxylation sites is 1. The first-order valence-corrected chi connectivity index (χ1v) is 11.6. The minimum absolute atomic E-state index is 0.128. The largest absolute Gasteiger partial charge is 0.352 e. The molecule has 0 radical (unpaired) electrons. The number of halogens is 1. The van der Waals surface area contributed by atoms with Gasteiger partial charge in [-0.3, -0.25) is 9.59 Å². The Morgan fingerprint density at radius 3 is 2.37 bits per heavy atom. The average Bonchev–Trinajstić information content (AvgIpc) is 2.76. The smallest absolute Gasteiger partial charge is 0.253 e. The molecule has 6 heteroatoms. The van der Waals surface area contributed by atoms with E-state index in [1.165, 1.54) is 17.3 Å². The number of nitrogens with one attached hydrogen (secondary N) is 2. The molecule has 0 aliphatic carbocycles. The molecule has 154 valence electrons. The number of hydrogen-bond donors (Lipinski definition) is 2. The molecule has 0 heterocycles. The third-order valence-corrected chi connectivity index (χ3v) is 6.19. The molecule has 2 N–H and O–H groups in total. The van der Waals surface area contributed by atoms with Crippen molar-refractivity contribution in [2.24, 2.45) is 0 Å². The molecule has 0 aliphatic heterocycles. The molecule has 0 bridgehead atoms. The monoisotopic (exact) mass is 482 g/mol. The molecule has 0 aliphatic rings. The third kappa shape index (κ3) is 6.75. The van der Waals surface area contributed by atoms with Crippen molar-refractivity contribution >= 4 is 45.2 Å². The number of amides is 2. The van der Waals surface area contributed by atoms with Gasteiger partial charge in [0.1, 0.15) is 0 Å². The number of carbonyl (C=O) groups is 2. The van der Waals surface area contributed by atoms with Crippen molar-refractivity contribution in [1.29, 1.82) is 0 Å². The number of carbonyl (C=O) groups excluding carboxylic acids is 2. The molecule has 0 fully saturated rings. The van der Waals surface area contributed by atoms with Gasteiger partial charge < -0.3 is 10.6 Å².